The summed E-state index contributed by atoms with van der Waals surface area (Å²) in [7, 11) is 0. The molecule has 8 heteroatoms. The molecule has 1 aliphatic heterocycles. The summed E-state index contributed by atoms with van der Waals surface area (Å²) in [4.78, 5) is 38.3. The first-order chi connectivity index (χ1) is 13.0. The van der Waals surface area contributed by atoms with Gasteiger partial charge in [-0.1, -0.05) is 42.5 Å². The van der Waals surface area contributed by atoms with Crippen LogP contribution in [0.2, 0.25) is 0 Å². The predicted molar refractivity (Wildman–Crippen MR) is 102 cm³/mol. The minimum Gasteiger partial charge on any atom is -0.357 e. The van der Waals surface area contributed by atoms with Gasteiger partial charge < -0.3 is 5.32 Å². The van der Waals surface area contributed by atoms with Crippen LogP contribution < -0.4 is 16.2 Å². The van der Waals surface area contributed by atoms with Crippen LogP contribution in [0.15, 0.2) is 42.5 Å². The van der Waals surface area contributed by atoms with Crippen molar-refractivity contribution in [3.8, 4) is 0 Å². The topological polar surface area (TPSA) is 90.5 Å². The summed E-state index contributed by atoms with van der Waals surface area (Å²) in [6.07, 6.45) is 4.92. The Bertz CT molecular complexity index is 796. The third-order valence-electron chi connectivity index (χ3n) is 5.47. The molecule has 1 aromatic rings. The molecule has 4 rings (SSSR count). The molecule has 3 aliphatic rings. The number of rotatable bonds is 4. The highest BCUT2D eigenvalue weighted by Gasteiger charge is 2.59. The number of carbonyl (C=O) groups excluding carboxylic acids is 3. The molecule has 0 aromatic heterocycles. The van der Waals surface area contributed by atoms with Crippen LogP contribution in [-0.4, -0.2) is 34.3 Å². The van der Waals surface area contributed by atoms with Crippen molar-refractivity contribution in [2.45, 2.75) is 13.0 Å². The van der Waals surface area contributed by atoms with Gasteiger partial charge in [0.15, 0.2) is 5.11 Å². The Labute approximate surface area is 162 Å². The number of hydrazine groups is 1. The first-order valence-corrected chi connectivity index (χ1v) is 9.35. The fraction of sp³-hybridized carbons (Fsp3) is 0.368. The van der Waals surface area contributed by atoms with Gasteiger partial charge in [0.2, 0.25) is 11.8 Å². The van der Waals surface area contributed by atoms with Gasteiger partial charge in [-0.2, -0.15) is 0 Å². The summed E-state index contributed by atoms with van der Waals surface area (Å²) in [6.45, 7) is 0.225. The van der Waals surface area contributed by atoms with E-state index >= 15 is 0 Å². The zero-order chi connectivity index (χ0) is 19.0. The van der Waals surface area contributed by atoms with Gasteiger partial charge in [-0.15, -0.1) is 0 Å². The lowest BCUT2D eigenvalue weighted by molar-refractivity contribution is -0.144. The summed E-state index contributed by atoms with van der Waals surface area (Å²) < 4.78 is 0. The smallest absolute Gasteiger partial charge is 0.258 e. The lowest BCUT2D eigenvalue weighted by atomic mass is 9.85. The Morgan fingerprint density at radius 1 is 1.04 bits per heavy atom. The Morgan fingerprint density at radius 2 is 1.67 bits per heavy atom. The molecule has 7 nitrogen and oxygen atoms in total. The Kier molecular flexibility index (Phi) is 4.65. The maximum Gasteiger partial charge on any atom is 0.258 e. The summed E-state index contributed by atoms with van der Waals surface area (Å²) in [5.41, 5.74) is 6.08. The van der Waals surface area contributed by atoms with Crippen molar-refractivity contribution in [2.24, 2.45) is 23.7 Å². The van der Waals surface area contributed by atoms with E-state index in [0.29, 0.717) is 6.54 Å². The number of thiocarbonyl (C=S) groups is 1. The van der Waals surface area contributed by atoms with Crippen molar-refractivity contribution in [1.29, 1.82) is 0 Å². The van der Waals surface area contributed by atoms with Crippen LogP contribution in [0.25, 0.3) is 0 Å². The number of hydrogen-bond acceptors (Lipinski definition) is 4. The third-order valence-corrected chi connectivity index (χ3v) is 5.72. The van der Waals surface area contributed by atoms with E-state index in [-0.39, 0.29) is 47.1 Å². The van der Waals surface area contributed by atoms with Crippen LogP contribution in [0.3, 0.4) is 0 Å². The summed E-state index contributed by atoms with van der Waals surface area (Å²) in [6, 6.07) is 9.69. The van der Waals surface area contributed by atoms with E-state index in [1.165, 1.54) is 0 Å². The van der Waals surface area contributed by atoms with Gasteiger partial charge in [-0.05, 0) is 36.0 Å². The number of imide groups is 1. The molecule has 0 radical (unpaired) electrons. The normalized spacial score (nSPS) is 27.6. The molecule has 4 atom stereocenters. The van der Waals surface area contributed by atoms with Gasteiger partial charge >= 0.3 is 0 Å². The highest BCUT2D eigenvalue weighted by molar-refractivity contribution is 7.80. The first-order valence-electron chi connectivity index (χ1n) is 8.95. The van der Waals surface area contributed by atoms with E-state index in [9.17, 15) is 14.4 Å². The number of allylic oxidation sites excluding steroid dienone is 2. The minimum atomic E-state index is -0.485. The largest absolute Gasteiger partial charge is 0.357 e. The zero-order valence-electron chi connectivity index (χ0n) is 14.6. The molecular weight excluding hydrogens is 364 g/mol. The zero-order valence-corrected chi connectivity index (χ0v) is 15.4. The van der Waals surface area contributed by atoms with Gasteiger partial charge in [0.05, 0.1) is 11.8 Å². The Hall–Kier alpha value is -2.74. The van der Waals surface area contributed by atoms with Crippen molar-refractivity contribution in [3.63, 3.8) is 0 Å². The number of nitrogens with one attached hydrogen (secondary N) is 3. The fourth-order valence-corrected chi connectivity index (χ4v) is 4.38. The summed E-state index contributed by atoms with van der Waals surface area (Å²) in [5.74, 6) is -1.26. The van der Waals surface area contributed by atoms with Crippen LogP contribution >= 0.6 is 12.2 Å². The second kappa shape index (κ2) is 7.11. The third kappa shape index (κ3) is 3.32. The molecule has 2 aliphatic carbocycles. The summed E-state index contributed by atoms with van der Waals surface area (Å²) in [5, 5.41) is 3.22. The van der Waals surface area contributed by atoms with Crippen molar-refractivity contribution in [2.75, 3.05) is 6.54 Å². The van der Waals surface area contributed by atoms with Gasteiger partial charge in [0, 0.05) is 6.54 Å². The number of hydrogen-bond donors (Lipinski definition) is 3. The first kappa shape index (κ1) is 17.7. The molecule has 1 saturated heterocycles. The van der Waals surface area contributed by atoms with E-state index in [4.69, 9.17) is 12.2 Å². The van der Waals surface area contributed by atoms with E-state index in [0.717, 1.165) is 16.9 Å². The van der Waals surface area contributed by atoms with E-state index in [2.05, 4.69) is 16.2 Å². The van der Waals surface area contributed by atoms with Crippen LogP contribution in [0.5, 0.6) is 0 Å². The van der Waals surface area contributed by atoms with Crippen molar-refractivity contribution in [3.05, 3.63) is 48.0 Å². The van der Waals surface area contributed by atoms with Crippen molar-refractivity contribution in [1.82, 2.24) is 21.1 Å². The number of benzene rings is 1. The monoisotopic (exact) mass is 384 g/mol. The Morgan fingerprint density at radius 3 is 2.30 bits per heavy atom. The summed E-state index contributed by atoms with van der Waals surface area (Å²) >= 11 is 5.11. The maximum absolute atomic E-state index is 12.6. The molecular formula is C19H20N4O3S. The van der Waals surface area contributed by atoms with Crippen molar-refractivity contribution >= 4 is 35.1 Å². The standard InChI is InChI=1S/C19H20N4O3S/c24-14(21-22-19(27)20-9-11-4-2-1-3-5-11)10-23-17(25)15-12-6-7-13(8-12)16(15)18(23)26/h1-7,12-13,15-16H,8-10H2,(H,21,24)(H2,20,22,27)/t12-,13-,15-,16+/m1/s1. The lowest BCUT2D eigenvalue weighted by Crippen LogP contribution is -2.50. The van der Waals surface area contributed by atoms with Gasteiger partial charge in [0.25, 0.3) is 5.91 Å². The molecule has 0 unspecified atom stereocenters. The highest BCUT2D eigenvalue weighted by Crippen LogP contribution is 2.52. The van der Waals surface area contributed by atoms with Crippen molar-refractivity contribution < 1.29 is 14.4 Å². The highest BCUT2D eigenvalue weighted by atomic mass is 32.1. The number of fused-ring (bicyclic) bond motifs is 5. The van der Waals surface area contributed by atoms with Crippen LogP contribution in [0, 0.1) is 23.7 Å². The average Bonchev–Trinajstić information content (AvgIpc) is 3.35. The minimum absolute atomic E-state index is 0.136. The number of carbonyl (C=O) groups is 3. The lowest BCUT2D eigenvalue weighted by Gasteiger charge is -2.17. The van der Waals surface area contributed by atoms with E-state index in [1.54, 1.807) is 0 Å². The predicted octanol–water partition coefficient (Wildman–Crippen LogP) is 0.489. The fourth-order valence-electron chi connectivity index (χ4n) is 4.25. The molecule has 140 valence electrons. The van der Waals surface area contributed by atoms with Gasteiger partial charge in [-0.3, -0.25) is 30.1 Å². The molecule has 1 heterocycles. The second-order valence-electron chi connectivity index (χ2n) is 7.10. The molecule has 3 N–H and O–H groups in total. The van der Waals surface area contributed by atoms with Crippen LogP contribution in [0.4, 0.5) is 0 Å². The maximum atomic E-state index is 12.6. The molecule has 1 aromatic carbocycles. The van der Waals surface area contributed by atoms with Gasteiger partial charge in [-0.25, -0.2) is 0 Å². The quantitative estimate of drug-likeness (QED) is 0.303. The molecule has 0 spiro atoms. The van der Waals surface area contributed by atoms with E-state index in [1.807, 2.05) is 42.5 Å². The van der Waals surface area contributed by atoms with E-state index < -0.39 is 5.91 Å². The second-order valence-corrected chi connectivity index (χ2v) is 7.51. The molecule has 3 amide bonds. The number of nitrogens with zero attached hydrogens (tertiary/aromatic N) is 1. The molecule has 27 heavy (non-hydrogen) atoms. The molecule has 2 fully saturated rings. The molecule has 1 saturated carbocycles. The van der Waals surface area contributed by atoms with Crippen LogP contribution in [0.1, 0.15) is 12.0 Å². The number of likely N-dealkylation sites (tertiary alicyclic amines) is 1. The average molecular weight is 384 g/mol. The van der Waals surface area contributed by atoms with Crippen LogP contribution in [-0.2, 0) is 20.9 Å². The van der Waals surface area contributed by atoms with Gasteiger partial charge in [0.1, 0.15) is 6.54 Å². The SMILES string of the molecule is O=C(CN1C(=O)[C@@H]2[C@H](C1=O)[C@@H]1C=C[C@@H]2C1)NNC(=S)NCc1ccccc1. The molecule has 2 bridgehead atoms. The number of amides is 3. The Balaban J connectivity index is 1.25.